The SMILES string of the molecule is COc1cc2cc(c1Cl)N(C)C(=O)CC(OC(=O)C(C)N(C)C(=O)CCSC1CC(=O)N(CC3CCC(C(=O)SCCC(=O)N(C)C(C)C(=O)OC4CC(=O)N(C)c5cc(cc(OC)c5Cl)C/C(C)=C/C=C/C(OC)C5(O)CC(OC(=O)N5)C(C)C5OC45C)CC3)C1=O)C1(C)CC(C)(O1)C1CC(O)(NC(=O)O1)C(OC)/C=C/C=C(\C)C2. The Morgan fingerprint density at radius 2 is 1.15 bits per heavy atom. The zero-order valence-corrected chi connectivity index (χ0v) is 71.7. The summed E-state index contributed by atoms with van der Waals surface area (Å²) in [5.41, 5.74) is -3.98. The van der Waals surface area contributed by atoms with Gasteiger partial charge in [-0.1, -0.05) is 89.5 Å². The Labute approximate surface area is 694 Å². The number of nitrogens with one attached hydrogen (secondary N) is 2. The van der Waals surface area contributed by atoms with Gasteiger partial charge in [0, 0.05) is 111 Å². The average molecular weight is 1700 g/mol. The quantitative estimate of drug-likeness (QED) is 0.0416. The molecule has 1 saturated carbocycles. The zero-order valence-electron chi connectivity index (χ0n) is 68.6. The fourth-order valence-corrected chi connectivity index (χ4v) is 19.2. The molecule has 6 fully saturated rings. The lowest BCUT2D eigenvalue weighted by Gasteiger charge is -2.59. The van der Waals surface area contributed by atoms with Crippen LogP contribution in [0.1, 0.15) is 144 Å². The summed E-state index contributed by atoms with van der Waals surface area (Å²) in [6.45, 7) is 13.7. The molecule has 2 aromatic carbocycles. The summed E-state index contributed by atoms with van der Waals surface area (Å²) >= 11 is 15.9. The van der Waals surface area contributed by atoms with E-state index >= 15 is 0 Å². The molecule has 0 spiro atoms. The number of hydrogen-bond acceptors (Lipinski definition) is 25. The summed E-state index contributed by atoms with van der Waals surface area (Å²) in [5, 5.41) is 28.4. The number of ether oxygens (including phenoxy) is 10. The molecule has 1 aliphatic carbocycles. The lowest BCUT2D eigenvalue weighted by molar-refractivity contribution is -0.328. The van der Waals surface area contributed by atoms with E-state index in [2.05, 4.69) is 10.6 Å². The van der Waals surface area contributed by atoms with Crippen molar-refractivity contribution in [1.29, 1.82) is 0 Å². The topological polar surface area (TPSA) is 364 Å². The number of likely N-dealkylation sites (N-methyl/N-ethyl adjacent to an activating group) is 2. The highest BCUT2D eigenvalue weighted by Crippen LogP contribution is 2.53. The predicted molar refractivity (Wildman–Crippen MR) is 432 cm³/mol. The number of anilines is 2. The van der Waals surface area contributed by atoms with Gasteiger partial charge in [-0.3, -0.25) is 49.1 Å². The Kier molecular flexibility index (Phi) is 29.1. The van der Waals surface area contributed by atoms with E-state index in [9.17, 15) is 63.0 Å². The summed E-state index contributed by atoms with van der Waals surface area (Å²) in [7, 11) is 11.6. The molecule has 8 heterocycles. The maximum atomic E-state index is 14.5. The Bertz CT molecular complexity index is 4240. The van der Waals surface area contributed by atoms with Crippen LogP contribution in [0.4, 0.5) is 21.0 Å². The van der Waals surface area contributed by atoms with Crippen LogP contribution in [0.25, 0.3) is 0 Å². The molecular weight excluding hydrogens is 1590 g/mol. The van der Waals surface area contributed by atoms with Crippen LogP contribution in [0.2, 0.25) is 10.0 Å². The molecular formula is C82H109Cl2N7O23S2. The van der Waals surface area contributed by atoms with Crippen LogP contribution >= 0.6 is 46.7 Å². The number of thioether (sulfide) groups is 2. The number of halogens is 2. The third kappa shape index (κ3) is 20.2. The number of fused-ring (bicyclic) bond motifs is 11. The summed E-state index contributed by atoms with van der Waals surface area (Å²) in [5.74, 6) is -4.61. The van der Waals surface area contributed by atoms with Crippen molar-refractivity contribution in [3.05, 3.63) is 93.0 Å². The van der Waals surface area contributed by atoms with E-state index in [1.807, 2.05) is 26.0 Å². The maximum Gasteiger partial charge on any atom is 0.409 e. The molecule has 2 aromatic rings. The number of allylic oxidation sites excluding steroid dienone is 6. The summed E-state index contributed by atoms with van der Waals surface area (Å²) < 4.78 is 59.5. The number of aliphatic hydroxyl groups is 2. The largest absolute Gasteiger partial charge is 0.495 e. The summed E-state index contributed by atoms with van der Waals surface area (Å²) in [6.07, 6.45) is 2.61. The number of imide groups is 1. The van der Waals surface area contributed by atoms with Crippen molar-refractivity contribution in [2.75, 3.05) is 84.5 Å². The minimum absolute atomic E-state index is 0.0669. The third-order valence-electron chi connectivity index (χ3n) is 24.0. The van der Waals surface area contributed by atoms with Crippen LogP contribution < -0.4 is 29.9 Å². The van der Waals surface area contributed by atoms with Gasteiger partial charge in [0.05, 0.1) is 49.8 Å². The Balaban J connectivity index is 0.693. The second kappa shape index (κ2) is 37.2. The second-order valence-corrected chi connectivity index (χ2v) is 35.5. The molecule has 636 valence electrons. The minimum Gasteiger partial charge on any atom is -0.495 e. The maximum absolute atomic E-state index is 14.5. The van der Waals surface area contributed by atoms with Crippen molar-refractivity contribution in [3.8, 4) is 11.5 Å². The van der Waals surface area contributed by atoms with Crippen LogP contribution in [-0.4, -0.2) is 253 Å². The van der Waals surface area contributed by atoms with Crippen molar-refractivity contribution in [1.82, 2.24) is 25.3 Å². The van der Waals surface area contributed by atoms with E-state index in [0.29, 0.717) is 61.4 Å². The van der Waals surface area contributed by atoms with Gasteiger partial charge in [0.2, 0.25) is 35.4 Å². The molecule has 10 bridgehead atoms. The van der Waals surface area contributed by atoms with Crippen molar-refractivity contribution in [2.24, 2.45) is 17.8 Å². The molecule has 9 aliphatic rings. The molecule has 0 radical (unpaired) electrons. The number of carbonyl (C=O) groups is 11. The average Bonchev–Trinajstić information content (AvgIpc) is 1.26. The van der Waals surface area contributed by atoms with Gasteiger partial charge in [-0.15, -0.1) is 11.8 Å². The lowest BCUT2D eigenvalue weighted by Crippen LogP contribution is -2.72. The van der Waals surface area contributed by atoms with E-state index < -0.39 is 155 Å². The first kappa shape index (κ1) is 90.5. The second-order valence-electron chi connectivity index (χ2n) is 32.4. The number of benzene rings is 2. The first-order valence-corrected chi connectivity index (χ1v) is 41.8. The molecule has 11 rings (SSSR count). The number of epoxide rings is 1. The number of methoxy groups -OCH3 is 4. The Morgan fingerprint density at radius 3 is 1.66 bits per heavy atom. The van der Waals surface area contributed by atoms with Gasteiger partial charge in [0.1, 0.15) is 87.1 Å². The standard InChI is InChI=1S/C82H109Cl2N7O23S2/c1-44-19-17-21-59(107-15)81(103)40-57(109-76(101)85-81)46(3)71-80(8,113-71)62(39-67(95)90(12)54-34-51(31-44)36-56(106-14)70(54)84)111-74(99)48(5)88(10)65(93)28-30-116-75(100)52-25-23-49(24-26-52)42-91-68(96)37-58(72(91)97)115-29-27-64(92)87(9)47(4)73(98)110-61-38-66(94)89(11)53-33-50(35-55(105-13)69(53)83)32-45(2)20-18-22-60(108-16)82(104)41-63(112-77(102)86-82)79(7)43-78(61,6)114-79/h17-22,33-36,46-49,52,57-63,71,103-104H,23-32,37-43H2,1-16H3,(H,85,101)(H,86,102)/b21-17+,22-18+,44-19+,45-20+. The van der Waals surface area contributed by atoms with E-state index in [4.69, 9.17) is 70.6 Å². The molecule has 5 saturated heterocycles. The van der Waals surface area contributed by atoms with Crippen LogP contribution in [0.3, 0.4) is 0 Å². The molecule has 0 aromatic heterocycles. The smallest absolute Gasteiger partial charge is 0.409 e. The first-order chi connectivity index (χ1) is 54.6. The minimum atomic E-state index is -1.95. The van der Waals surface area contributed by atoms with Gasteiger partial charge in [-0.05, 0) is 128 Å². The number of likely N-dealkylation sites (tertiary alicyclic amines) is 1. The molecule has 16 unspecified atom stereocenters. The van der Waals surface area contributed by atoms with Gasteiger partial charge >= 0.3 is 24.1 Å². The Hall–Kier alpha value is -7.79. The van der Waals surface area contributed by atoms with E-state index in [1.54, 1.807) is 76.3 Å². The van der Waals surface area contributed by atoms with Crippen LogP contribution in [0, 0.1) is 17.8 Å². The number of alkyl carbamates (subject to hydrolysis) is 2. The van der Waals surface area contributed by atoms with Crippen LogP contribution in [-0.2, 0) is 93.9 Å². The van der Waals surface area contributed by atoms with E-state index in [-0.39, 0.29) is 95.4 Å². The fraction of sp³-hybridized carbons (Fsp3) is 0.622. The highest BCUT2D eigenvalue weighted by atomic mass is 35.5. The lowest BCUT2D eigenvalue weighted by atomic mass is 9.72. The zero-order chi connectivity index (χ0) is 85.0. The highest BCUT2D eigenvalue weighted by Gasteiger charge is 2.66. The van der Waals surface area contributed by atoms with Crippen LogP contribution in [0.5, 0.6) is 11.5 Å². The summed E-state index contributed by atoms with van der Waals surface area (Å²) in [4.78, 5) is 159. The fourth-order valence-electron chi connectivity index (χ4n) is 16.5. The monoisotopic (exact) mass is 1690 g/mol. The van der Waals surface area contributed by atoms with Gasteiger partial charge < -0.3 is 77.2 Å². The number of nitrogens with zero attached hydrogens (tertiary/aromatic N) is 5. The molecule has 34 heteroatoms. The molecule has 16 atom stereocenters. The molecule has 4 N–H and O–H groups in total. The third-order valence-corrected chi connectivity index (χ3v) is 27.0. The first-order valence-electron chi connectivity index (χ1n) is 39.0. The number of carbonyl (C=O) groups excluding carboxylic acids is 11. The van der Waals surface area contributed by atoms with Gasteiger partial charge in [0.25, 0.3) is 0 Å². The number of rotatable bonds is 20. The highest BCUT2D eigenvalue weighted by molar-refractivity contribution is 8.13. The van der Waals surface area contributed by atoms with Gasteiger partial charge in [0.15, 0.2) is 16.6 Å². The van der Waals surface area contributed by atoms with E-state index in [0.717, 1.165) is 45.8 Å². The normalized spacial score (nSPS) is 33.1. The van der Waals surface area contributed by atoms with Crippen molar-refractivity contribution >= 4 is 123 Å². The van der Waals surface area contributed by atoms with Crippen molar-refractivity contribution in [2.45, 2.75) is 234 Å². The van der Waals surface area contributed by atoms with Crippen molar-refractivity contribution in [3.63, 3.8) is 0 Å². The van der Waals surface area contributed by atoms with Gasteiger partial charge in [-0.2, -0.15) is 0 Å². The molecule has 30 nitrogen and oxygen atoms in total. The van der Waals surface area contributed by atoms with Crippen molar-refractivity contribution < 1.29 is 110 Å². The number of amides is 8. The number of hydrogen-bond donors (Lipinski definition) is 4. The summed E-state index contributed by atoms with van der Waals surface area (Å²) in [6, 6.07) is 4.64. The molecule has 8 aliphatic heterocycles. The Morgan fingerprint density at radius 1 is 0.664 bits per heavy atom. The predicted octanol–water partition coefficient (Wildman–Crippen LogP) is 8.89. The van der Waals surface area contributed by atoms with Crippen LogP contribution in [0.15, 0.2) is 71.9 Å². The molecule has 116 heavy (non-hydrogen) atoms. The van der Waals surface area contributed by atoms with E-state index in [1.165, 1.54) is 95.0 Å². The van der Waals surface area contributed by atoms with Gasteiger partial charge in [-0.25, -0.2) is 19.2 Å². The molecule has 8 amide bonds. The number of esters is 2.